The highest BCUT2D eigenvalue weighted by Gasteiger charge is 2.21. The maximum atomic E-state index is 10.3. The number of methoxy groups -OCH3 is 2. The van der Waals surface area contributed by atoms with Crippen LogP contribution in [-0.4, -0.2) is 98.9 Å². The number of aliphatic hydroxyl groups is 2. The molecule has 1 fully saturated rings. The summed E-state index contributed by atoms with van der Waals surface area (Å²) in [4.78, 5) is 4.44. The zero-order chi connectivity index (χ0) is 22.8. The lowest BCUT2D eigenvalue weighted by Gasteiger charge is -2.36. The Labute approximate surface area is 189 Å². The normalized spacial score (nSPS) is 16.9. The zero-order valence-electron chi connectivity index (χ0n) is 18.9. The number of benzene rings is 2. The second-order valence-electron chi connectivity index (χ2n) is 7.88. The third-order valence-corrected chi connectivity index (χ3v) is 5.41. The highest BCUT2D eigenvalue weighted by Crippen LogP contribution is 2.18. The molecule has 2 atom stereocenters. The second kappa shape index (κ2) is 12.5. The van der Waals surface area contributed by atoms with E-state index < -0.39 is 12.2 Å². The molecular formula is C24H34N2O6. The van der Waals surface area contributed by atoms with Crippen LogP contribution in [0.4, 0.5) is 0 Å². The molecule has 0 saturated carbocycles. The third kappa shape index (κ3) is 7.87. The molecule has 176 valence electrons. The molecule has 1 aliphatic heterocycles. The van der Waals surface area contributed by atoms with Gasteiger partial charge in [-0.15, -0.1) is 0 Å². The Hall–Kier alpha value is -2.52. The fourth-order valence-electron chi connectivity index (χ4n) is 3.58. The molecule has 32 heavy (non-hydrogen) atoms. The number of β-amino-alcohol motifs (C(OH)–C–C–N with tert-alkyl or cyclic N) is 2. The smallest absolute Gasteiger partial charge is 0.119 e. The average molecular weight is 447 g/mol. The molecule has 0 spiro atoms. The van der Waals surface area contributed by atoms with Crippen molar-refractivity contribution in [1.29, 1.82) is 0 Å². The summed E-state index contributed by atoms with van der Waals surface area (Å²) in [6, 6.07) is 14.6. The van der Waals surface area contributed by atoms with Crippen LogP contribution in [0, 0.1) is 0 Å². The van der Waals surface area contributed by atoms with E-state index in [1.54, 1.807) is 14.2 Å². The molecule has 1 saturated heterocycles. The Balaban J connectivity index is 1.29. The van der Waals surface area contributed by atoms with Crippen molar-refractivity contribution in [1.82, 2.24) is 9.80 Å². The van der Waals surface area contributed by atoms with Crippen LogP contribution in [0.1, 0.15) is 0 Å². The van der Waals surface area contributed by atoms with Crippen LogP contribution in [-0.2, 0) is 0 Å². The van der Waals surface area contributed by atoms with Gasteiger partial charge in [0.05, 0.1) is 14.2 Å². The predicted octanol–water partition coefficient (Wildman–Crippen LogP) is 1.50. The van der Waals surface area contributed by atoms with Gasteiger partial charge in [0.25, 0.3) is 0 Å². The summed E-state index contributed by atoms with van der Waals surface area (Å²) in [5.74, 6) is 2.96. The molecule has 3 rings (SSSR count). The summed E-state index contributed by atoms with van der Waals surface area (Å²) in [6.07, 6.45) is -1.13. The minimum atomic E-state index is -0.563. The Kier molecular flexibility index (Phi) is 9.43. The van der Waals surface area contributed by atoms with Crippen molar-refractivity contribution in [2.75, 3.05) is 66.7 Å². The van der Waals surface area contributed by atoms with E-state index in [0.717, 1.165) is 37.7 Å². The van der Waals surface area contributed by atoms with Gasteiger partial charge in [-0.05, 0) is 48.5 Å². The summed E-state index contributed by atoms with van der Waals surface area (Å²) < 4.78 is 21.6. The van der Waals surface area contributed by atoms with Gasteiger partial charge < -0.3 is 29.2 Å². The fourth-order valence-corrected chi connectivity index (χ4v) is 3.58. The van der Waals surface area contributed by atoms with Crippen molar-refractivity contribution in [2.45, 2.75) is 12.2 Å². The van der Waals surface area contributed by atoms with Crippen LogP contribution in [0.3, 0.4) is 0 Å². The molecule has 1 heterocycles. The van der Waals surface area contributed by atoms with Crippen LogP contribution in [0.2, 0.25) is 0 Å². The number of piperazine rings is 1. The molecule has 2 aromatic carbocycles. The van der Waals surface area contributed by atoms with Crippen LogP contribution >= 0.6 is 0 Å². The van der Waals surface area contributed by atoms with Gasteiger partial charge >= 0.3 is 0 Å². The van der Waals surface area contributed by atoms with Gasteiger partial charge in [0.1, 0.15) is 48.4 Å². The largest absolute Gasteiger partial charge is 0.497 e. The van der Waals surface area contributed by atoms with Crippen molar-refractivity contribution >= 4 is 0 Å². The van der Waals surface area contributed by atoms with E-state index in [0.29, 0.717) is 24.6 Å². The maximum absolute atomic E-state index is 10.3. The van der Waals surface area contributed by atoms with Gasteiger partial charge in [-0.3, -0.25) is 9.80 Å². The quantitative estimate of drug-likeness (QED) is 0.508. The molecule has 0 aliphatic carbocycles. The fraction of sp³-hybridized carbons (Fsp3) is 0.500. The van der Waals surface area contributed by atoms with Gasteiger partial charge in [0, 0.05) is 39.3 Å². The minimum absolute atomic E-state index is 0.244. The number of ether oxygens (including phenoxy) is 4. The van der Waals surface area contributed by atoms with Gasteiger partial charge in [0.2, 0.25) is 0 Å². The van der Waals surface area contributed by atoms with E-state index in [4.69, 9.17) is 18.9 Å². The van der Waals surface area contributed by atoms with Gasteiger partial charge in [-0.25, -0.2) is 0 Å². The number of hydrogen-bond acceptors (Lipinski definition) is 8. The summed E-state index contributed by atoms with van der Waals surface area (Å²) in [5.41, 5.74) is 0. The molecule has 0 aromatic heterocycles. The van der Waals surface area contributed by atoms with Gasteiger partial charge in [-0.1, -0.05) is 0 Å². The van der Waals surface area contributed by atoms with Crippen molar-refractivity contribution < 1.29 is 29.2 Å². The van der Waals surface area contributed by atoms with Crippen molar-refractivity contribution in [3.63, 3.8) is 0 Å². The molecule has 0 unspecified atom stereocenters. The molecule has 1 aliphatic rings. The first kappa shape index (κ1) is 24.1. The summed E-state index contributed by atoms with van der Waals surface area (Å²) in [5, 5.41) is 20.6. The molecule has 0 radical (unpaired) electrons. The lowest BCUT2D eigenvalue weighted by molar-refractivity contribution is 0.0240. The highest BCUT2D eigenvalue weighted by molar-refractivity contribution is 5.31. The summed E-state index contributed by atoms with van der Waals surface area (Å²) in [6.45, 7) is 4.97. The van der Waals surface area contributed by atoms with Crippen molar-refractivity contribution in [2.24, 2.45) is 0 Å². The Bertz CT molecular complexity index is 711. The number of rotatable bonds is 12. The third-order valence-electron chi connectivity index (χ3n) is 5.41. The standard InChI is InChI=1S/C24H34N2O6/c1-29-21-3-7-23(8-4-21)31-17-19(27)15-25-11-13-26(14-12-25)16-20(28)18-32-24-9-5-22(30-2)6-10-24/h3-10,19-20,27-28H,11-18H2,1-2H3/t19-,20-/m0/s1. The highest BCUT2D eigenvalue weighted by atomic mass is 16.5. The van der Waals surface area contributed by atoms with E-state index in [-0.39, 0.29) is 13.2 Å². The van der Waals surface area contributed by atoms with Gasteiger partial charge in [0.15, 0.2) is 0 Å². The molecule has 8 heteroatoms. The summed E-state index contributed by atoms with van der Waals surface area (Å²) >= 11 is 0. The van der Waals surface area contributed by atoms with E-state index in [1.165, 1.54) is 0 Å². The molecule has 8 nitrogen and oxygen atoms in total. The first-order valence-corrected chi connectivity index (χ1v) is 10.9. The van der Waals surface area contributed by atoms with E-state index >= 15 is 0 Å². The molecule has 0 bridgehead atoms. The van der Waals surface area contributed by atoms with E-state index in [2.05, 4.69) is 9.80 Å². The van der Waals surface area contributed by atoms with E-state index in [9.17, 15) is 10.2 Å². The lowest BCUT2D eigenvalue weighted by atomic mass is 10.2. The Morgan fingerprint density at radius 1 is 0.625 bits per heavy atom. The van der Waals surface area contributed by atoms with Crippen LogP contribution in [0.15, 0.2) is 48.5 Å². The van der Waals surface area contributed by atoms with Gasteiger partial charge in [-0.2, -0.15) is 0 Å². The number of hydrogen-bond donors (Lipinski definition) is 2. The monoisotopic (exact) mass is 446 g/mol. The van der Waals surface area contributed by atoms with Crippen LogP contribution in [0.5, 0.6) is 23.0 Å². The van der Waals surface area contributed by atoms with Crippen molar-refractivity contribution in [3.05, 3.63) is 48.5 Å². The second-order valence-corrected chi connectivity index (χ2v) is 7.88. The Morgan fingerprint density at radius 2 is 0.938 bits per heavy atom. The zero-order valence-corrected chi connectivity index (χ0v) is 18.9. The first-order chi connectivity index (χ1) is 15.6. The first-order valence-electron chi connectivity index (χ1n) is 10.9. The lowest BCUT2D eigenvalue weighted by Crippen LogP contribution is -2.51. The average Bonchev–Trinajstić information content (AvgIpc) is 2.83. The Morgan fingerprint density at radius 3 is 1.25 bits per heavy atom. The maximum Gasteiger partial charge on any atom is 0.119 e. The molecular weight excluding hydrogens is 412 g/mol. The topological polar surface area (TPSA) is 83.9 Å². The van der Waals surface area contributed by atoms with E-state index in [1.807, 2.05) is 48.5 Å². The predicted molar refractivity (Wildman–Crippen MR) is 122 cm³/mol. The number of nitrogens with zero attached hydrogens (tertiary/aromatic N) is 2. The molecule has 2 N–H and O–H groups in total. The van der Waals surface area contributed by atoms with Crippen molar-refractivity contribution in [3.8, 4) is 23.0 Å². The molecule has 2 aromatic rings. The minimum Gasteiger partial charge on any atom is -0.497 e. The SMILES string of the molecule is COc1ccc(OC[C@@H](O)CN2CCN(C[C@H](O)COc3ccc(OC)cc3)CC2)cc1. The number of aliphatic hydroxyl groups excluding tert-OH is 2. The summed E-state index contributed by atoms with van der Waals surface area (Å²) in [7, 11) is 3.24. The van der Waals surface area contributed by atoms with Crippen LogP contribution < -0.4 is 18.9 Å². The molecule has 0 amide bonds. The van der Waals surface area contributed by atoms with Crippen LogP contribution in [0.25, 0.3) is 0 Å².